The molecule has 1 aromatic heterocycles. The molecular formula is C20H28N4O2. The van der Waals surface area contributed by atoms with Gasteiger partial charge in [-0.1, -0.05) is 24.3 Å². The predicted octanol–water partition coefficient (Wildman–Crippen LogP) is 2.47. The SMILES string of the molecule is CN=C(NCCCOCCOC)NCc1cccc(-c2ccccn2)c1. The van der Waals surface area contributed by atoms with E-state index in [0.29, 0.717) is 26.4 Å². The first-order valence-corrected chi connectivity index (χ1v) is 8.85. The number of hydrogen-bond donors (Lipinski definition) is 2. The Labute approximate surface area is 155 Å². The van der Waals surface area contributed by atoms with E-state index in [1.165, 1.54) is 5.56 Å². The fourth-order valence-electron chi connectivity index (χ4n) is 2.41. The Balaban J connectivity index is 1.74. The molecule has 0 radical (unpaired) electrons. The van der Waals surface area contributed by atoms with Gasteiger partial charge in [0, 0.05) is 45.6 Å². The van der Waals surface area contributed by atoms with Crippen molar-refractivity contribution in [2.75, 3.05) is 40.5 Å². The molecule has 1 heterocycles. The maximum absolute atomic E-state index is 5.44. The number of aliphatic imine (C=N–C) groups is 1. The Kier molecular flexibility index (Phi) is 9.18. The topological polar surface area (TPSA) is 67.8 Å². The van der Waals surface area contributed by atoms with Crippen LogP contribution in [0.2, 0.25) is 0 Å². The smallest absolute Gasteiger partial charge is 0.191 e. The Hall–Kier alpha value is -2.44. The first-order valence-electron chi connectivity index (χ1n) is 8.85. The third-order valence-electron chi connectivity index (χ3n) is 3.76. The Bertz CT molecular complexity index is 662. The van der Waals surface area contributed by atoms with Crippen molar-refractivity contribution in [1.82, 2.24) is 15.6 Å². The lowest BCUT2D eigenvalue weighted by Crippen LogP contribution is -2.37. The van der Waals surface area contributed by atoms with Crippen molar-refractivity contribution in [2.45, 2.75) is 13.0 Å². The molecule has 0 aliphatic carbocycles. The molecule has 0 fully saturated rings. The van der Waals surface area contributed by atoms with Gasteiger partial charge in [-0.3, -0.25) is 9.98 Å². The highest BCUT2D eigenvalue weighted by Gasteiger charge is 2.02. The van der Waals surface area contributed by atoms with E-state index < -0.39 is 0 Å². The van der Waals surface area contributed by atoms with Crippen molar-refractivity contribution in [2.24, 2.45) is 4.99 Å². The largest absolute Gasteiger partial charge is 0.382 e. The van der Waals surface area contributed by atoms with E-state index in [0.717, 1.165) is 30.2 Å². The van der Waals surface area contributed by atoms with Gasteiger partial charge in [-0.2, -0.15) is 0 Å². The Morgan fingerprint density at radius 2 is 2.00 bits per heavy atom. The number of aromatic nitrogens is 1. The van der Waals surface area contributed by atoms with Gasteiger partial charge in [0.1, 0.15) is 0 Å². The van der Waals surface area contributed by atoms with Crippen LogP contribution < -0.4 is 10.6 Å². The minimum absolute atomic E-state index is 0.633. The van der Waals surface area contributed by atoms with Gasteiger partial charge in [-0.05, 0) is 30.2 Å². The lowest BCUT2D eigenvalue weighted by atomic mass is 10.1. The van der Waals surface area contributed by atoms with Crippen LogP contribution in [0.25, 0.3) is 11.3 Å². The molecule has 0 atom stereocenters. The molecule has 0 unspecified atom stereocenters. The van der Waals surface area contributed by atoms with Gasteiger partial charge in [0.15, 0.2) is 5.96 Å². The zero-order chi connectivity index (χ0) is 18.5. The van der Waals surface area contributed by atoms with E-state index in [4.69, 9.17) is 9.47 Å². The second-order valence-electron chi connectivity index (χ2n) is 5.73. The summed E-state index contributed by atoms with van der Waals surface area (Å²) in [5, 5.41) is 6.63. The minimum Gasteiger partial charge on any atom is -0.382 e. The second-order valence-corrected chi connectivity index (χ2v) is 5.73. The van der Waals surface area contributed by atoms with Crippen LogP contribution in [0.5, 0.6) is 0 Å². The number of benzene rings is 1. The number of rotatable bonds is 10. The Morgan fingerprint density at radius 1 is 1.08 bits per heavy atom. The van der Waals surface area contributed by atoms with Crippen LogP contribution in [0.1, 0.15) is 12.0 Å². The number of hydrogen-bond acceptors (Lipinski definition) is 4. The van der Waals surface area contributed by atoms with Gasteiger partial charge in [-0.25, -0.2) is 0 Å². The highest BCUT2D eigenvalue weighted by molar-refractivity contribution is 5.79. The second kappa shape index (κ2) is 12.0. The van der Waals surface area contributed by atoms with Crippen LogP contribution in [0, 0.1) is 0 Å². The van der Waals surface area contributed by atoms with E-state index in [1.54, 1.807) is 14.2 Å². The molecule has 0 bridgehead atoms. The molecule has 140 valence electrons. The summed E-state index contributed by atoms with van der Waals surface area (Å²) < 4.78 is 10.4. The molecule has 0 aliphatic rings. The lowest BCUT2D eigenvalue weighted by molar-refractivity contribution is 0.0698. The highest BCUT2D eigenvalue weighted by atomic mass is 16.5. The summed E-state index contributed by atoms with van der Waals surface area (Å²) in [5.74, 6) is 0.783. The molecule has 0 saturated carbocycles. The average Bonchev–Trinajstić information content (AvgIpc) is 2.70. The predicted molar refractivity (Wildman–Crippen MR) is 105 cm³/mol. The fraction of sp³-hybridized carbons (Fsp3) is 0.400. The lowest BCUT2D eigenvalue weighted by Gasteiger charge is -2.12. The van der Waals surface area contributed by atoms with Gasteiger partial charge >= 0.3 is 0 Å². The van der Waals surface area contributed by atoms with Gasteiger partial charge in [0.05, 0.1) is 18.9 Å². The highest BCUT2D eigenvalue weighted by Crippen LogP contribution is 2.17. The molecule has 2 aromatic rings. The molecule has 6 heteroatoms. The third kappa shape index (κ3) is 7.21. The fourth-order valence-corrected chi connectivity index (χ4v) is 2.41. The maximum atomic E-state index is 5.44. The van der Waals surface area contributed by atoms with E-state index in [2.05, 4.69) is 44.9 Å². The van der Waals surface area contributed by atoms with Crippen LogP contribution in [0.3, 0.4) is 0 Å². The first-order chi connectivity index (χ1) is 12.8. The van der Waals surface area contributed by atoms with E-state index in [-0.39, 0.29) is 0 Å². The summed E-state index contributed by atoms with van der Waals surface area (Å²) in [6.07, 6.45) is 2.73. The standard InChI is InChI=1S/C20H28N4O2/c1-21-20(23-11-6-12-26-14-13-25-2)24-16-17-7-5-8-18(15-17)19-9-3-4-10-22-19/h3-5,7-10,15H,6,11-14,16H2,1-2H3,(H2,21,23,24). The number of nitrogens with one attached hydrogen (secondary N) is 2. The summed E-state index contributed by atoms with van der Waals surface area (Å²) in [4.78, 5) is 8.65. The van der Waals surface area contributed by atoms with Gasteiger partial charge < -0.3 is 20.1 Å². The number of ether oxygens (including phenoxy) is 2. The molecule has 0 amide bonds. The van der Waals surface area contributed by atoms with Crippen LogP contribution in [-0.4, -0.2) is 51.5 Å². The number of guanidine groups is 1. The van der Waals surface area contributed by atoms with Gasteiger partial charge in [-0.15, -0.1) is 0 Å². The molecule has 1 aromatic carbocycles. The van der Waals surface area contributed by atoms with Crippen LogP contribution in [0.4, 0.5) is 0 Å². The third-order valence-corrected chi connectivity index (χ3v) is 3.76. The van der Waals surface area contributed by atoms with Gasteiger partial charge in [0.2, 0.25) is 0 Å². The van der Waals surface area contributed by atoms with E-state index in [9.17, 15) is 0 Å². The molecule has 2 N–H and O–H groups in total. The molecule has 0 aliphatic heterocycles. The first kappa shape index (κ1) is 19.9. The normalized spacial score (nSPS) is 11.4. The van der Waals surface area contributed by atoms with E-state index >= 15 is 0 Å². The number of pyridine rings is 1. The van der Waals surface area contributed by atoms with Crippen molar-refractivity contribution in [1.29, 1.82) is 0 Å². The monoisotopic (exact) mass is 356 g/mol. The zero-order valence-electron chi connectivity index (χ0n) is 15.6. The van der Waals surface area contributed by atoms with Crippen molar-refractivity contribution in [3.8, 4) is 11.3 Å². The summed E-state index contributed by atoms with van der Waals surface area (Å²) in [7, 11) is 3.45. The molecule has 2 rings (SSSR count). The molecule has 0 spiro atoms. The van der Waals surface area contributed by atoms with Crippen LogP contribution in [0.15, 0.2) is 53.7 Å². The quantitative estimate of drug-likeness (QED) is 0.389. The molecule has 0 saturated heterocycles. The average molecular weight is 356 g/mol. The zero-order valence-corrected chi connectivity index (χ0v) is 15.6. The van der Waals surface area contributed by atoms with Crippen LogP contribution in [-0.2, 0) is 16.0 Å². The molecule has 26 heavy (non-hydrogen) atoms. The summed E-state index contributed by atoms with van der Waals surface area (Å²) >= 11 is 0. The van der Waals surface area contributed by atoms with Crippen molar-refractivity contribution in [3.63, 3.8) is 0 Å². The van der Waals surface area contributed by atoms with E-state index in [1.807, 2.05) is 24.4 Å². The van der Waals surface area contributed by atoms with Crippen LogP contribution >= 0.6 is 0 Å². The van der Waals surface area contributed by atoms with Crippen molar-refractivity contribution in [3.05, 3.63) is 54.2 Å². The maximum Gasteiger partial charge on any atom is 0.191 e. The number of nitrogens with zero attached hydrogens (tertiary/aromatic N) is 2. The van der Waals surface area contributed by atoms with Gasteiger partial charge in [0.25, 0.3) is 0 Å². The number of methoxy groups -OCH3 is 1. The summed E-state index contributed by atoms with van der Waals surface area (Å²) in [6, 6.07) is 14.3. The summed E-state index contributed by atoms with van der Waals surface area (Å²) in [5.41, 5.74) is 3.27. The summed E-state index contributed by atoms with van der Waals surface area (Å²) in [6.45, 7) is 3.48. The van der Waals surface area contributed by atoms with Crippen molar-refractivity contribution < 1.29 is 9.47 Å². The Morgan fingerprint density at radius 3 is 2.77 bits per heavy atom. The minimum atomic E-state index is 0.633. The van der Waals surface area contributed by atoms with Crippen molar-refractivity contribution >= 4 is 5.96 Å². The molecular weight excluding hydrogens is 328 g/mol. The molecule has 6 nitrogen and oxygen atoms in total.